The third-order valence-corrected chi connectivity index (χ3v) is 2.59. The van der Waals surface area contributed by atoms with Gasteiger partial charge in [0.1, 0.15) is 5.69 Å². The van der Waals surface area contributed by atoms with Crippen molar-refractivity contribution < 1.29 is 18.3 Å². The SMILES string of the molecule is CCOC(=O)c1cc(C(F)F)c(Cl)c(CCl)n1. The number of hydrogen-bond donors (Lipinski definition) is 0. The van der Waals surface area contributed by atoms with Gasteiger partial charge in [-0.05, 0) is 13.0 Å². The number of alkyl halides is 3. The molecule has 0 radical (unpaired) electrons. The summed E-state index contributed by atoms with van der Waals surface area (Å²) in [5, 5.41) is -0.219. The van der Waals surface area contributed by atoms with E-state index in [9.17, 15) is 13.6 Å². The van der Waals surface area contributed by atoms with Crippen molar-refractivity contribution in [1.29, 1.82) is 0 Å². The number of carbonyl (C=O) groups excluding carboxylic acids is 1. The minimum absolute atomic E-state index is 0.0363. The Bertz CT molecular complexity index is 427. The quantitative estimate of drug-likeness (QED) is 0.626. The van der Waals surface area contributed by atoms with E-state index >= 15 is 0 Å². The Morgan fingerprint density at radius 1 is 1.59 bits per heavy atom. The summed E-state index contributed by atoms with van der Waals surface area (Å²) in [6.45, 7) is 1.73. The standard InChI is InChI=1S/C10H9Cl2F2NO2/c1-2-17-10(16)6-3-5(9(13)14)8(12)7(4-11)15-6/h3,9H,2,4H2,1H3. The number of halogens is 4. The number of pyridine rings is 1. The first kappa shape index (κ1) is 14.1. The van der Waals surface area contributed by atoms with Crippen molar-refractivity contribution in [3.8, 4) is 0 Å². The molecular formula is C10H9Cl2F2NO2. The Morgan fingerprint density at radius 2 is 2.24 bits per heavy atom. The van der Waals surface area contributed by atoms with E-state index in [1.807, 2.05) is 0 Å². The van der Waals surface area contributed by atoms with E-state index in [1.165, 1.54) is 0 Å². The second kappa shape index (κ2) is 6.12. The van der Waals surface area contributed by atoms with Crippen molar-refractivity contribution in [2.24, 2.45) is 0 Å². The third kappa shape index (κ3) is 3.26. The molecule has 1 rings (SSSR count). The van der Waals surface area contributed by atoms with Gasteiger partial charge >= 0.3 is 5.97 Å². The fourth-order valence-corrected chi connectivity index (χ4v) is 1.67. The lowest BCUT2D eigenvalue weighted by molar-refractivity contribution is 0.0518. The van der Waals surface area contributed by atoms with Crippen LogP contribution in [-0.4, -0.2) is 17.6 Å². The number of rotatable bonds is 4. The van der Waals surface area contributed by atoms with Crippen molar-refractivity contribution in [3.05, 3.63) is 28.0 Å². The highest BCUT2D eigenvalue weighted by Gasteiger charge is 2.20. The molecule has 0 fully saturated rings. The fourth-order valence-electron chi connectivity index (χ4n) is 1.16. The average molecular weight is 284 g/mol. The smallest absolute Gasteiger partial charge is 0.356 e. The van der Waals surface area contributed by atoms with Crippen LogP contribution in [0.1, 0.15) is 35.1 Å². The van der Waals surface area contributed by atoms with E-state index in [1.54, 1.807) is 6.92 Å². The van der Waals surface area contributed by atoms with Crippen LogP contribution in [0.3, 0.4) is 0 Å². The molecule has 0 saturated carbocycles. The zero-order chi connectivity index (χ0) is 13.0. The van der Waals surface area contributed by atoms with Crippen LogP contribution in [0.4, 0.5) is 8.78 Å². The lowest BCUT2D eigenvalue weighted by Crippen LogP contribution is -2.10. The van der Waals surface area contributed by atoms with Crippen LogP contribution in [0.25, 0.3) is 0 Å². The van der Waals surface area contributed by atoms with E-state index in [0.717, 1.165) is 6.07 Å². The van der Waals surface area contributed by atoms with Crippen LogP contribution in [0.15, 0.2) is 6.07 Å². The molecular weight excluding hydrogens is 275 g/mol. The molecule has 1 aromatic heterocycles. The molecule has 3 nitrogen and oxygen atoms in total. The molecule has 0 spiro atoms. The molecule has 7 heteroatoms. The second-order valence-corrected chi connectivity index (χ2v) is 3.66. The summed E-state index contributed by atoms with van der Waals surface area (Å²) < 4.78 is 30.0. The molecule has 0 saturated heterocycles. The first-order valence-electron chi connectivity index (χ1n) is 4.71. The second-order valence-electron chi connectivity index (χ2n) is 3.01. The molecule has 0 N–H and O–H groups in total. The predicted molar refractivity (Wildman–Crippen MR) is 59.7 cm³/mol. The van der Waals surface area contributed by atoms with Gasteiger partial charge in [-0.2, -0.15) is 0 Å². The number of ether oxygens (including phenoxy) is 1. The molecule has 0 atom stereocenters. The van der Waals surface area contributed by atoms with E-state index in [4.69, 9.17) is 23.2 Å². The van der Waals surface area contributed by atoms with Gasteiger partial charge in [-0.3, -0.25) is 0 Å². The molecule has 1 heterocycles. The van der Waals surface area contributed by atoms with Crippen LogP contribution < -0.4 is 0 Å². The largest absolute Gasteiger partial charge is 0.461 e. The Kier molecular flexibility index (Phi) is 5.08. The normalized spacial score (nSPS) is 10.7. The molecule has 0 amide bonds. The van der Waals surface area contributed by atoms with Gasteiger partial charge < -0.3 is 4.74 Å². The Labute approximate surface area is 107 Å². The third-order valence-electron chi connectivity index (χ3n) is 1.90. The van der Waals surface area contributed by atoms with Crippen LogP contribution in [-0.2, 0) is 10.6 Å². The minimum Gasteiger partial charge on any atom is -0.461 e. The highest BCUT2D eigenvalue weighted by atomic mass is 35.5. The van der Waals surface area contributed by atoms with Gasteiger partial charge in [-0.1, -0.05) is 11.6 Å². The minimum atomic E-state index is -2.80. The summed E-state index contributed by atoms with van der Waals surface area (Å²) in [4.78, 5) is 15.2. The Hall–Kier alpha value is -0.940. The van der Waals surface area contributed by atoms with Crippen molar-refractivity contribution in [1.82, 2.24) is 4.98 Å². The molecule has 1 aromatic rings. The van der Waals surface area contributed by atoms with Gasteiger partial charge in [-0.25, -0.2) is 18.6 Å². The van der Waals surface area contributed by atoms with Gasteiger partial charge in [0, 0.05) is 5.56 Å². The van der Waals surface area contributed by atoms with E-state index in [0.29, 0.717) is 0 Å². The molecule has 0 aromatic carbocycles. The number of nitrogens with zero attached hydrogens (tertiary/aromatic N) is 1. The number of carbonyl (C=O) groups is 1. The first-order chi connectivity index (χ1) is 8.01. The zero-order valence-corrected chi connectivity index (χ0v) is 10.4. The summed E-state index contributed by atoms with van der Waals surface area (Å²) in [7, 11) is 0. The van der Waals surface area contributed by atoms with Crippen molar-refractivity contribution in [2.75, 3.05) is 6.61 Å². The van der Waals surface area contributed by atoms with Crippen molar-refractivity contribution in [3.63, 3.8) is 0 Å². The zero-order valence-electron chi connectivity index (χ0n) is 8.84. The fraction of sp³-hybridized carbons (Fsp3) is 0.400. The maximum absolute atomic E-state index is 12.7. The molecule has 0 aliphatic carbocycles. The first-order valence-corrected chi connectivity index (χ1v) is 5.63. The summed E-state index contributed by atoms with van der Waals surface area (Å²) >= 11 is 11.2. The number of aromatic nitrogens is 1. The van der Waals surface area contributed by atoms with E-state index in [2.05, 4.69) is 9.72 Å². The van der Waals surface area contributed by atoms with Gasteiger partial charge in [-0.15, -0.1) is 11.6 Å². The van der Waals surface area contributed by atoms with Gasteiger partial charge in [0.25, 0.3) is 6.43 Å². The summed E-state index contributed by atoms with van der Waals surface area (Å²) in [5.74, 6) is -0.941. The average Bonchev–Trinajstić information content (AvgIpc) is 2.29. The number of hydrogen-bond acceptors (Lipinski definition) is 3. The Balaban J connectivity index is 3.25. The number of esters is 1. The van der Waals surface area contributed by atoms with Crippen LogP contribution in [0, 0.1) is 0 Å². The molecule has 0 bridgehead atoms. The van der Waals surface area contributed by atoms with Gasteiger partial charge in [0.2, 0.25) is 0 Å². The highest BCUT2D eigenvalue weighted by Crippen LogP contribution is 2.30. The molecule has 94 valence electrons. The molecule has 0 unspecified atom stereocenters. The van der Waals surface area contributed by atoms with Crippen LogP contribution in [0.5, 0.6) is 0 Å². The molecule has 0 aliphatic heterocycles. The summed E-state index contributed by atoms with van der Waals surface area (Å²) in [6.07, 6.45) is -2.80. The van der Waals surface area contributed by atoms with Crippen LogP contribution in [0.2, 0.25) is 5.02 Å². The maximum atomic E-state index is 12.7. The maximum Gasteiger partial charge on any atom is 0.356 e. The topological polar surface area (TPSA) is 39.2 Å². The van der Waals surface area contributed by atoms with Gasteiger partial charge in [0.05, 0.1) is 23.2 Å². The van der Waals surface area contributed by atoms with E-state index < -0.39 is 18.0 Å². The summed E-state index contributed by atoms with van der Waals surface area (Å²) in [6, 6.07) is 0.918. The predicted octanol–water partition coefficient (Wildman–Crippen LogP) is 3.59. The highest BCUT2D eigenvalue weighted by molar-refractivity contribution is 6.32. The lowest BCUT2D eigenvalue weighted by atomic mass is 10.2. The van der Waals surface area contributed by atoms with Crippen molar-refractivity contribution >= 4 is 29.2 Å². The van der Waals surface area contributed by atoms with Crippen molar-refractivity contribution in [2.45, 2.75) is 19.2 Å². The van der Waals surface area contributed by atoms with Gasteiger partial charge in [0.15, 0.2) is 0 Å². The molecule has 0 aliphatic rings. The lowest BCUT2D eigenvalue weighted by Gasteiger charge is -2.09. The Morgan fingerprint density at radius 3 is 2.71 bits per heavy atom. The van der Waals surface area contributed by atoms with E-state index in [-0.39, 0.29) is 28.9 Å². The van der Waals surface area contributed by atoms with Crippen LogP contribution >= 0.6 is 23.2 Å². The summed E-state index contributed by atoms with van der Waals surface area (Å²) in [5.41, 5.74) is -0.656. The molecule has 17 heavy (non-hydrogen) atoms. The monoisotopic (exact) mass is 283 g/mol.